The fourth-order valence-corrected chi connectivity index (χ4v) is 3.20. The number of rotatable bonds is 1. The van der Waals surface area contributed by atoms with E-state index in [4.69, 9.17) is 10.5 Å². The second-order valence-electron chi connectivity index (χ2n) is 4.80. The molecule has 2 bridgehead atoms. The first-order chi connectivity index (χ1) is 5.78. The Morgan fingerprint density at radius 2 is 2.08 bits per heavy atom. The first kappa shape index (κ1) is 7.34. The Hall–Kier alpha value is -0.0800. The second kappa shape index (κ2) is 2.24. The lowest BCUT2D eigenvalue weighted by Crippen LogP contribution is -2.55. The largest absolute Gasteiger partial charge is 0.375 e. The Bertz CT molecular complexity index is 200. The molecule has 2 heteroatoms. The van der Waals surface area contributed by atoms with Crippen LogP contribution in [0.2, 0.25) is 0 Å². The van der Waals surface area contributed by atoms with E-state index in [0.717, 1.165) is 0 Å². The van der Waals surface area contributed by atoms with E-state index in [9.17, 15) is 0 Å². The van der Waals surface area contributed by atoms with Crippen LogP contribution in [0.15, 0.2) is 0 Å². The summed E-state index contributed by atoms with van der Waals surface area (Å²) in [4.78, 5) is 0. The molecule has 2 nitrogen and oxygen atoms in total. The van der Waals surface area contributed by atoms with Gasteiger partial charge in [-0.3, -0.25) is 0 Å². The van der Waals surface area contributed by atoms with Gasteiger partial charge in [0.15, 0.2) is 0 Å². The van der Waals surface area contributed by atoms with Gasteiger partial charge in [-0.1, -0.05) is 0 Å². The van der Waals surface area contributed by atoms with Crippen molar-refractivity contribution in [1.29, 1.82) is 0 Å². The number of nitrogens with two attached hydrogens (primary N) is 1. The minimum Gasteiger partial charge on any atom is -0.375 e. The van der Waals surface area contributed by atoms with Gasteiger partial charge in [-0.05, 0) is 38.5 Å². The van der Waals surface area contributed by atoms with Crippen molar-refractivity contribution < 1.29 is 4.74 Å². The summed E-state index contributed by atoms with van der Waals surface area (Å²) in [6.07, 6.45) is 8.73. The molecule has 0 aromatic heterocycles. The van der Waals surface area contributed by atoms with Crippen LogP contribution in [0.4, 0.5) is 0 Å². The van der Waals surface area contributed by atoms with Crippen molar-refractivity contribution >= 4 is 0 Å². The Balaban J connectivity index is 1.77. The Labute approximate surface area is 73.5 Å². The van der Waals surface area contributed by atoms with Crippen molar-refractivity contribution in [3.8, 4) is 0 Å². The van der Waals surface area contributed by atoms with E-state index in [2.05, 4.69) is 0 Å². The minimum atomic E-state index is 0.180. The van der Waals surface area contributed by atoms with Crippen LogP contribution in [0.25, 0.3) is 0 Å². The highest BCUT2D eigenvalue weighted by Crippen LogP contribution is 2.49. The lowest BCUT2D eigenvalue weighted by Gasteiger charge is -2.45. The molecule has 0 amide bonds. The van der Waals surface area contributed by atoms with Gasteiger partial charge in [0.25, 0.3) is 0 Å². The maximum absolute atomic E-state index is 6.31. The van der Waals surface area contributed by atoms with E-state index in [0.29, 0.717) is 18.1 Å². The third-order valence-electron chi connectivity index (χ3n) is 4.13. The second-order valence-corrected chi connectivity index (χ2v) is 4.80. The van der Waals surface area contributed by atoms with Crippen LogP contribution in [0, 0.1) is 5.92 Å². The number of fused-ring (bicyclic) bond motifs is 2. The maximum Gasteiger partial charge on any atom is 0.0626 e. The molecule has 0 aromatic carbocycles. The number of hydrogen-bond acceptors (Lipinski definition) is 2. The zero-order valence-electron chi connectivity index (χ0n) is 7.46. The normalized spacial score (nSPS) is 49.2. The van der Waals surface area contributed by atoms with Gasteiger partial charge < -0.3 is 10.5 Å². The Kier molecular flexibility index (Phi) is 1.37. The predicted octanol–water partition coefficient (Wildman–Crippen LogP) is 1.44. The molecule has 1 saturated carbocycles. The summed E-state index contributed by atoms with van der Waals surface area (Å²) in [7, 11) is 0. The summed E-state index contributed by atoms with van der Waals surface area (Å²) in [6, 6.07) is 0. The predicted molar refractivity (Wildman–Crippen MR) is 46.8 cm³/mol. The minimum absolute atomic E-state index is 0.180. The standard InChI is InChI=1S/C10H17NO/c11-10(4-1-5-10)8-6-7-2-3-9(8)12-7/h7-9H,1-6,11H2. The van der Waals surface area contributed by atoms with Gasteiger partial charge in [-0.25, -0.2) is 0 Å². The summed E-state index contributed by atoms with van der Waals surface area (Å²) in [5, 5.41) is 0. The summed E-state index contributed by atoms with van der Waals surface area (Å²) >= 11 is 0. The smallest absolute Gasteiger partial charge is 0.0626 e. The fraction of sp³-hybridized carbons (Fsp3) is 1.00. The zero-order valence-corrected chi connectivity index (χ0v) is 7.46. The van der Waals surface area contributed by atoms with Gasteiger partial charge in [0, 0.05) is 11.5 Å². The molecule has 2 saturated heterocycles. The summed E-state index contributed by atoms with van der Waals surface area (Å²) in [6.45, 7) is 0. The van der Waals surface area contributed by atoms with Crippen molar-refractivity contribution in [2.45, 2.75) is 56.3 Å². The number of hydrogen-bond donors (Lipinski definition) is 1. The maximum atomic E-state index is 6.31. The van der Waals surface area contributed by atoms with Crippen LogP contribution in [0.1, 0.15) is 38.5 Å². The molecule has 1 aliphatic carbocycles. The van der Waals surface area contributed by atoms with E-state index < -0.39 is 0 Å². The van der Waals surface area contributed by atoms with Gasteiger partial charge in [0.05, 0.1) is 12.2 Å². The fourth-order valence-electron chi connectivity index (χ4n) is 3.20. The third kappa shape index (κ3) is 0.826. The third-order valence-corrected chi connectivity index (χ3v) is 4.13. The molecule has 68 valence electrons. The molecule has 2 aliphatic heterocycles. The van der Waals surface area contributed by atoms with Crippen LogP contribution in [0.5, 0.6) is 0 Å². The first-order valence-corrected chi connectivity index (χ1v) is 5.22. The highest BCUT2D eigenvalue weighted by atomic mass is 16.5. The topological polar surface area (TPSA) is 35.2 Å². The molecule has 2 heterocycles. The van der Waals surface area contributed by atoms with Crippen LogP contribution < -0.4 is 5.73 Å². The van der Waals surface area contributed by atoms with Crippen molar-refractivity contribution in [3.05, 3.63) is 0 Å². The SMILES string of the molecule is NC1(C2CC3CCC2O3)CCC1. The van der Waals surface area contributed by atoms with Gasteiger partial charge in [-0.2, -0.15) is 0 Å². The average Bonchev–Trinajstić information content (AvgIpc) is 2.59. The molecule has 3 atom stereocenters. The summed E-state index contributed by atoms with van der Waals surface area (Å²) < 4.78 is 5.83. The monoisotopic (exact) mass is 167 g/mol. The molecular weight excluding hydrogens is 150 g/mol. The van der Waals surface area contributed by atoms with Gasteiger partial charge >= 0.3 is 0 Å². The zero-order chi connectivity index (χ0) is 8.18. The molecule has 0 aromatic rings. The van der Waals surface area contributed by atoms with E-state index in [1.165, 1.54) is 38.5 Å². The van der Waals surface area contributed by atoms with Crippen LogP contribution in [-0.2, 0) is 4.74 Å². The molecule has 3 rings (SSSR count). The lowest BCUT2D eigenvalue weighted by atomic mass is 9.64. The van der Waals surface area contributed by atoms with E-state index >= 15 is 0 Å². The first-order valence-electron chi connectivity index (χ1n) is 5.22. The van der Waals surface area contributed by atoms with Crippen molar-refractivity contribution in [3.63, 3.8) is 0 Å². The van der Waals surface area contributed by atoms with Crippen LogP contribution >= 0.6 is 0 Å². The molecular formula is C10H17NO. The van der Waals surface area contributed by atoms with Crippen molar-refractivity contribution in [2.24, 2.45) is 11.7 Å². The van der Waals surface area contributed by atoms with Gasteiger partial charge in [-0.15, -0.1) is 0 Å². The van der Waals surface area contributed by atoms with E-state index in [1.54, 1.807) is 0 Å². The molecule has 0 spiro atoms. The Morgan fingerprint density at radius 1 is 1.25 bits per heavy atom. The lowest BCUT2D eigenvalue weighted by molar-refractivity contribution is 0.0543. The molecule has 3 fully saturated rings. The molecule has 0 radical (unpaired) electrons. The van der Waals surface area contributed by atoms with E-state index in [1.807, 2.05) is 0 Å². The summed E-state index contributed by atoms with van der Waals surface area (Å²) in [5.74, 6) is 0.699. The van der Waals surface area contributed by atoms with E-state index in [-0.39, 0.29) is 5.54 Å². The molecule has 2 N–H and O–H groups in total. The summed E-state index contributed by atoms with van der Waals surface area (Å²) in [5.41, 5.74) is 6.50. The average molecular weight is 167 g/mol. The van der Waals surface area contributed by atoms with Crippen LogP contribution in [-0.4, -0.2) is 17.7 Å². The van der Waals surface area contributed by atoms with Crippen LogP contribution in [0.3, 0.4) is 0 Å². The molecule has 12 heavy (non-hydrogen) atoms. The highest BCUT2D eigenvalue weighted by Gasteiger charge is 2.51. The molecule has 3 unspecified atom stereocenters. The highest BCUT2D eigenvalue weighted by molar-refractivity contribution is 5.06. The molecule has 3 aliphatic rings. The van der Waals surface area contributed by atoms with Crippen molar-refractivity contribution in [2.75, 3.05) is 0 Å². The van der Waals surface area contributed by atoms with Gasteiger partial charge in [0.2, 0.25) is 0 Å². The van der Waals surface area contributed by atoms with Gasteiger partial charge in [0.1, 0.15) is 0 Å². The number of ether oxygens (including phenoxy) is 1. The quantitative estimate of drug-likeness (QED) is 0.641. The Morgan fingerprint density at radius 3 is 2.50 bits per heavy atom. The van der Waals surface area contributed by atoms with Crippen molar-refractivity contribution in [1.82, 2.24) is 0 Å².